The molecular weight excluding hydrogens is 320 g/mol. The van der Waals surface area contributed by atoms with Crippen LogP contribution in [0.5, 0.6) is 0 Å². The number of hydrogen-bond donors (Lipinski definition) is 1. The summed E-state index contributed by atoms with van der Waals surface area (Å²) >= 11 is 0. The molecule has 4 nitrogen and oxygen atoms in total. The molecule has 2 aliphatic heterocycles. The van der Waals surface area contributed by atoms with Crippen molar-refractivity contribution in [1.29, 1.82) is 0 Å². The summed E-state index contributed by atoms with van der Waals surface area (Å²) in [5.41, 5.74) is 4.44. The van der Waals surface area contributed by atoms with Crippen LogP contribution in [-0.2, 0) is 6.54 Å². The van der Waals surface area contributed by atoms with Crippen molar-refractivity contribution in [3.8, 4) is 0 Å². The van der Waals surface area contributed by atoms with Crippen molar-refractivity contribution in [3.05, 3.63) is 53.6 Å². The summed E-state index contributed by atoms with van der Waals surface area (Å²) in [7, 11) is 0. The summed E-state index contributed by atoms with van der Waals surface area (Å²) in [4.78, 5) is 13.0. The predicted molar refractivity (Wildman–Crippen MR) is 106 cm³/mol. The minimum Gasteiger partial charge on any atom is -0.348 e. The van der Waals surface area contributed by atoms with Gasteiger partial charge in [-0.05, 0) is 62.7 Å². The van der Waals surface area contributed by atoms with Crippen molar-refractivity contribution in [2.45, 2.75) is 45.6 Å². The maximum absolute atomic E-state index is 4.49. The van der Waals surface area contributed by atoms with Crippen LogP contribution < -0.4 is 0 Å². The molecule has 0 amide bonds. The Labute approximate surface area is 157 Å². The van der Waals surface area contributed by atoms with E-state index in [4.69, 9.17) is 0 Å². The second-order valence-corrected chi connectivity index (χ2v) is 8.39. The standard InChI is InChI=1S/C22H32N4/c1-3-25-14-20(19-7-5-4-6-8-19)13-22(16-25)9-11-26(12-10-22)15-21-18(2)23-17-24-21/h4-8,17,20H,3,9-16H2,1-2H3,(H,23,24)/t20-/m0/s1. The van der Waals surface area contributed by atoms with Gasteiger partial charge >= 0.3 is 0 Å². The molecule has 1 aromatic heterocycles. The number of rotatable bonds is 4. The molecule has 0 saturated carbocycles. The number of likely N-dealkylation sites (tertiary alicyclic amines) is 2. The van der Waals surface area contributed by atoms with Gasteiger partial charge < -0.3 is 9.88 Å². The summed E-state index contributed by atoms with van der Waals surface area (Å²) in [6.45, 7) is 11.5. The number of nitrogens with one attached hydrogen (secondary N) is 1. The molecule has 2 saturated heterocycles. The number of benzene rings is 1. The number of H-pyrrole nitrogens is 1. The molecule has 0 aliphatic carbocycles. The van der Waals surface area contributed by atoms with Gasteiger partial charge in [-0.2, -0.15) is 0 Å². The first kappa shape index (κ1) is 17.7. The molecule has 2 fully saturated rings. The molecule has 0 radical (unpaired) electrons. The lowest BCUT2D eigenvalue weighted by molar-refractivity contribution is 0.0134. The highest BCUT2D eigenvalue weighted by Crippen LogP contribution is 2.45. The van der Waals surface area contributed by atoms with Crippen molar-refractivity contribution in [2.24, 2.45) is 5.41 Å². The Balaban J connectivity index is 1.43. The molecule has 4 heteroatoms. The highest BCUT2D eigenvalue weighted by molar-refractivity contribution is 5.21. The lowest BCUT2D eigenvalue weighted by atomic mass is 9.68. The van der Waals surface area contributed by atoms with Crippen LogP contribution in [0.15, 0.2) is 36.7 Å². The van der Waals surface area contributed by atoms with Gasteiger partial charge in [-0.1, -0.05) is 37.3 Å². The molecule has 0 unspecified atom stereocenters. The third kappa shape index (κ3) is 3.72. The van der Waals surface area contributed by atoms with E-state index in [0.29, 0.717) is 11.3 Å². The molecule has 0 bridgehead atoms. The largest absolute Gasteiger partial charge is 0.348 e. The minimum atomic E-state index is 0.492. The van der Waals surface area contributed by atoms with E-state index in [1.165, 1.54) is 68.9 Å². The zero-order valence-corrected chi connectivity index (χ0v) is 16.2. The first-order valence-electron chi connectivity index (χ1n) is 10.2. The van der Waals surface area contributed by atoms with Crippen LogP contribution in [0.2, 0.25) is 0 Å². The monoisotopic (exact) mass is 352 g/mol. The Morgan fingerprint density at radius 1 is 1.15 bits per heavy atom. The molecule has 1 N–H and O–H groups in total. The number of likely N-dealkylation sites (N-methyl/N-ethyl adjacent to an activating group) is 1. The van der Waals surface area contributed by atoms with E-state index in [-0.39, 0.29) is 0 Å². The average Bonchev–Trinajstić information content (AvgIpc) is 3.09. The molecular formula is C22H32N4. The number of piperidine rings is 2. The number of aromatic amines is 1. The first-order valence-corrected chi connectivity index (χ1v) is 10.2. The fourth-order valence-electron chi connectivity index (χ4n) is 5.00. The molecule has 1 aromatic carbocycles. The van der Waals surface area contributed by atoms with E-state index in [0.717, 1.165) is 6.54 Å². The van der Waals surface area contributed by atoms with Crippen molar-refractivity contribution >= 4 is 0 Å². The van der Waals surface area contributed by atoms with Gasteiger partial charge in [0.2, 0.25) is 0 Å². The molecule has 3 heterocycles. The summed E-state index contributed by atoms with van der Waals surface area (Å²) in [5.74, 6) is 0.685. The fraction of sp³-hybridized carbons (Fsp3) is 0.591. The van der Waals surface area contributed by atoms with E-state index >= 15 is 0 Å². The molecule has 2 aliphatic rings. The van der Waals surface area contributed by atoms with Gasteiger partial charge in [0.1, 0.15) is 0 Å². The molecule has 2 aromatic rings. The number of aryl methyl sites for hydroxylation is 1. The van der Waals surface area contributed by atoms with Crippen molar-refractivity contribution in [2.75, 3.05) is 32.7 Å². The number of aromatic nitrogens is 2. The number of hydrogen-bond acceptors (Lipinski definition) is 3. The van der Waals surface area contributed by atoms with Crippen LogP contribution in [0.25, 0.3) is 0 Å². The smallest absolute Gasteiger partial charge is 0.0925 e. The van der Waals surface area contributed by atoms with Crippen molar-refractivity contribution < 1.29 is 0 Å². The molecule has 4 rings (SSSR count). The van der Waals surface area contributed by atoms with Gasteiger partial charge in [0.05, 0.1) is 12.0 Å². The number of imidazole rings is 1. The highest BCUT2D eigenvalue weighted by atomic mass is 15.2. The van der Waals surface area contributed by atoms with Gasteiger partial charge in [0.15, 0.2) is 0 Å². The topological polar surface area (TPSA) is 35.2 Å². The molecule has 140 valence electrons. The van der Waals surface area contributed by atoms with Crippen molar-refractivity contribution in [1.82, 2.24) is 19.8 Å². The summed E-state index contributed by atoms with van der Waals surface area (Å²) < 4.78 is 0. The van der Waals surface area contributed by atoms with E-state index in [9.17, 15) is 0 Å². The Kier molecular flexibility index (Phi) is 5.14. The number of nitrogens with zero attached hydrogens (tertiary/aromatic N) is 3. The molecule has 1 atom stereocenters. The fourth-order valence-corrected chi connectivity index (χ4v) is 5.00. The lowest BCUT2D eigenvalue weighted by Crippen LogP contribution is -2.51. The van der Waals surface area contributed by atoms with Gasteiger partial charge in [-0.3, -0.25) is 4.90 Å². The lowest BCUT2D eigenvalue weighted by Gasteiger charge is -2.50. The Morgan fingerprint density at radius 2 is 1.92 bits per heavy atom. The summed E-state index contributed by atoms with van der Waals surface area (Å²) in [5, 5.41) is 0. The Hall–Kier alpha value is -1.65. The van der Waals surface area contributed by atoms with Gasteiger partial charge in [0, 0.05) is 25.3 Å². The van der Waals surface area contributed by atoms with Gasteiger partial charge in [-0.25, -0.2) is 4.98 Å². The second-order valence-electron chi connectivity index (χ2n) is 8.39. The maximum atomic E-state index is 4.49. The van der Waals surface area contributed by atoms with Crippen LogP contribution >= 0.6 is 0 Å². The van der Waals surface area contributed by atoms with E-state index in [1.54, 1.807) is 0 Å². The van der Waals surface area contributed by atoms with Crippen LogP contribution in [0.3, 0.4) is 0 Å². The van der Waals surface area contributed by atoms with Gasteiger partial charge in [0.25, 0.3) is 0 Å². The molecule has 26 heavy (non-hydrogen) atoms. The van der Waals surface area contributed by atoms with Gasteiger partial charge in [-0.15, -0.1) is 0 Å². The van der Waals surface area contributed by atoms with Crippen LogP contribution in [-0.4, -0.2) is 52.5 Å². The van der Waals surface area contributed by atoms with E-state index in [1.807, 2.05) is 6.33 Å². The average molecular weight is 353 g/mol. The quantitative estimate of drug-likeness (QED) is 0.909. The van der Waals surface area contributed by atoms with Crippen LogP contribution in [0.1, 0.15) is 49.1 Å². The Morgan fingerprint density at radius 3 is 2.58 bits per heavy atom. The van der Waals surface area contributed by atoms with Crippen LogP contribution in [0, 0.1) is 12.3 Å². The predicted octanol–water partition coefficient (Wildman–Crippen LogP) is 3.81. The zero-order chi connectivity index (χ0) is 18.0. The zero-order valence-electron chi connectivity index (χ0n) is 16.2. The van der Waals surface area contributed by atoms with Crippen molar-refractivity contribution in [3.63, 3.8) is 0 Å². The normalized spacial score (nSPS) is 24.2. The Bertz CT molecular complexity index is 700. The minimum absolute atomic E-state index is 0.492. The van der Waals surface area contributed by atoms with E-state index in [2.05, 4.69) is 63.9 Å². The SMILES string of the molecule is CCN1C[C@@H](c2ccccc2)CC2(CCN(Cc3nc[nH]c3C)CC2)C1. The third-order valence-corrected chi connectivity index (χ3v) is 6.66. The first-order chi connectivity index (χ1) is 12.7. The summed E-state index contributed by atoms with van der Waals surface area (Å²) in [6.07, 6.45) is 5.80. The maximum Gasteiger partial charge on any atom is 0.0925 e. The summed E-state index contributed by atoms with van der Waals surface area (Å²) in [6, 6.07) is 11.2. The van der Waals surface area contributed by atoms with Crippen LogP contribution in [0.4, 0.5) is 0 Å². The third-order valence-electron chi connectivity index (χ3n) is 6.66. The highest BCUT2D eigenvalue weighted by Gasteiger charge is 2.41. The molecule has 1 spiro atoms. The second kappa shape index (κ2) is 7.53. The van der Waals surface area contributed by atoms with E-state index < -0.39 is 0 Å².